The molecule has 0 rings (SSSR count). The van der Waals surface area contributed by atoms with Crippen LogP contribution in [0, 0.1) is 0 Å². The van der Waals surface area contributed by atoms with E-state index in [9.17, 15) is 9.59 Å². The summed E-state index contributed by atoms with van der Waals surface area (Å²) in [6, 6.07) is 0. The Bertz CT molecular complexity index is 165. The second kappa shape index (κ2) is 5.17. The first kappa shape index (κ1) is 9.36. The van der Waals surface area contributed by atoms with Crippen LogP contribution in [0.2, 0.25) is 0 Å². The lowest BCUT2D eigenvalue weighted by molar-refractivity contribution is -0.126. The number of imide groups is 1. The molecule has 0 aromatic carbocycles. The molecule has 0 aliphatic rings. The van der Waals surface area contributed by atoms with Gasteiger partial charge in [-0.3, -0.25) is 14.9 Å². The Morgan fingerprint density at radius 1 is 1.60 bits per heavy atom. The molecule has 0 aliphatic carbocycles. The highest BCUT2D eigenvalue weighted by Gasteiger charge is 2.00. The van der Waals surface area contributed by atoms with Gasteiger partial charge in [0.25, 0.3) is 0 Å². The third kappa shape index (κ3) is 4.26. The van der Waals surface area contributed by atoms with Gasteiger partial charge in [0.15, 0.2) is 0 Å². The smallest absolute Gasteiger partial charge is 0.250 e. The van der Waals surface area contributed by atoms with Crippen LogP contribution in [-0.2, 0) is 9.59 Å². The number of hydrogen-bond donors (Lipinski definition) is 1. The Morgan fingerprint density at radius 3 is 2.60 bits per heavy atom. The first-order valence-electron chi connectivity index (χ1n) is 2.73. The van der Waals surface area contributed by atoms with Crippen molar-refractivity contribution < 1.29 is 9.59 Å². The van der Waals surface area contributed by atoms with E-state index in [-0.39, 0.29) is 17.1 Å². The van der Waals surface area contributed by atoms with Gasteiger partial charge in [0.05, 0.1) is 5.33 Å². The molecular weight excluding hydrogens is 198 g/mol. The van der Waals surface area contributed by atoms with Crippen molar-refractivity contribution in [3.8, 4) is 0 Å². The monoisotopic (exact) mass is 205 g/mol. The Morgan fingerprint density at radius 2 is 2.20 bits per heavy atom. The van der Waals surface area contributed by atoms with E-state index in [1.165, 1.54) is 6.08 Å². The lowest BCUT2D eigenvalue weighted by Crippen LogP contribution is -2.29. The molecule has 56 valence electrons. The van der Waals surface area contributed by atoms with Crippen molar-refractivity contribution in [1.82, 2.24) is 5.32 Å². The van der Waals surface area contributed by atoms with E-state index in [1.54, 1.807) is 13.0 Å². The van der Waals surface area contributed by atoms with Gasteiger partial charge in [0.1, 0.15) is 0 Å². The average molecular weight is 206 g/mol. The fraction of sp³-hybridized carbons (Fsp3) is 0.333. The summed E-state index contributed by atoms with van der Waals surface area (Å²) >= 11 is 2.91. The fourth-order valence-corrected chi connectivity index (χ4v) is 0.504. The van der Waals surface area contributed by atoms with Gasteiger partial charge >= 0.3 is 0 Å². The van der Waals surface area contributed by atoms with Crippen LogP contribution in [0.25, 0.3) is 0 Å². The van der Waals surface area contributed by atoms with Crippen molar-refractivity contribution in [3.05, 3.63) is 12.2 Å². The molecule has 0 saturated heterocycles. The second-order valence-corrected chi connectivity index (χ2v) is 2.11. The van der Waals surface area contributed by atoms with Gasteiger partial charge in [0, 0.05) is 0 Å². The highest BCUT2D eigenvalue weighted by Crippen LogP contribution is 1.79. The number of halogens is 1. The molecule has 0 aliphatic heterocycles. The number of alkyl halides is 1. The van der Waals surface area contributed by atoms with E-state index < -0.39 is 0 Å². The fourth-order valence-electron chi connectivity index (χ4n) is 0.364. The van der Waals surface area contributed by atoms with Crippen LogP contribution in [0.3, 0.4) is 0 Å². The van der Waals surface area contributed by atoms with E-state index in [1.807, 2.05) is 0 Å². The highest BCUT2D eigenvalue weighted by atomic mass is 79.9. The maximum absolute atomic E-state index is 10.6. The molecule has 0 aromatic heterocycles. The summed E-state index contributed by atoms with van der Waals surface area (Å²) in [5.41, 5.74) is 0. The van der Waals surface area contributed by atoms with Gasteiger partial charge in [-0.2, -0.15) is 0 Å². The lowest BCUT2D eigenvalue weighted by Gasteiger charge is -1.93. The zero-order valence-corrected chi connectivity index (χ0v) is 7.14. The Balaban J connectivity index is 3.68. The van der Waals surface area contributed by atoms with Gasteiger partial charge in [-0.05, 0) is 13.0 Å². The summed E-state index contributed by atoms with van der Waals surface area (Å²) in [7, 11) is 0. The predicted octanol–water partition coefficient (Wildman–Crippen LogP) is 0.600. The number of carbonyl (C=O) groups is 2. The number of carbonyl (C=O) groups excluding carboxylic acids is 2. The lowest BCUT2D eigenvalue weighted by atomic mass is 10.5. The van der Waals surface area contributed by atoms with Crippen LogP contribution in [0.1, 0.15) is 6.92 Å². The molecule has 0 aromatic rings. The molecule has 0 radical (unpaired) electrons. The van der Waals surface area contributed by atoms with Crippen LogP contribution in [0.4, 0.5) is 0 Å². The predicted molar refractivity (Wildman–Crippen MR) is 41.8 cm³/mol. The van der Waals surface area contributed by atoms with Gasteiger partial charge in [-0.15, -0.1) is 0 Å². The minimum atomic E-state index is -0.382. The molecule has 0 fully saturated rings. The second-order valence-electron chi connectivity index (χ2n) is 1.55. The summed E-state index contributed by atoms with van der Waals surface area (Å²) in [5, 5.41) is 2.27. The average Bonchev–Trinajstić information content (AvgIpc) is 1.88. The summed E-state index contributed by atoms with van der Waals surface area (Å²) in [6.07, 6.45) is 2.86. The van der Waals surface area contributed by atoms with E-state index in [4.69, 9.17) is 0 Å². The molecule has 0 atom stereocenters. The first-order valence-corrected chi connectivity index (χ1v) is 3.85. The summed E-state index contributed by atoms with van der Waals surface area (Å²) in [5.74, 6) is -0.713. The summed E-state index contributed by atoms with van der Waals surface area (Å²) in [4.78, 5) is 21.1. The number of hydrogen-bond acceptors (Lipinski definition) is 2. The highest BCUT2D eigenvalue weighted by molar-refractivity contribution is 9.09. The SMILES string of the molecule is C/C=C/C(=O)NC(=O)CBr. The molecule has 0 heterocycles. The van der Waals surface area contributed by atoms with E-state index in [0.29, 0.717) is 0 Å². The quantitative estimate of drug-likeness (QED) is 0.531. The summed E-state index contributed by atoms with van der Waals surface area (Å²) in [6.45, 7) is 1.71. The molecule has 0 unspecified atom stereocenters. The Kier molecular flexibility index (Phi) is 4.84. The third-order valence-corrected chi connectivity index (χ3v) is 1.21. The van der Waals surface area contributed by atoms with Crippen LogP contribution in [0.5, 0.6) is 0 Å². The zero-order chi connectivity index (χ0) is 7.98. The number of amides is 2. The number of rotatable bonds is 2. The van der Waals surface area contributed by atoms with E-state index >= 15 is 0 Å². The molecule has 0 saturated carbocycles. The van der Waals surface area contributed by atoms with Gasteiger partial charge < -0.3 is 0 Å². The first-order chi connectivity index (χ1) is 4.70. The maximum Gasteiger partial charge on any atom is 0.250 e. The molecular formula is C6H8BrNO2. The van der Waals surface area contributed by atoms with Crippen molar-refractivity contribution in [2.75, 3.05) is 5.33 Å². The molecule has 0 bridgehead atoms. The van der Waals surface area contributed by atoms with Crippen LogP contribution < -0.4 is 5.32 Å². The minimum Gasteiger partial charge on any atom is -0.292 e. The standard InChI is InChI=1S/C6H8BrNO2/c1-2-3-5(9)8-6(10)4-7/h2-3H,4H2,1H3,(H,8,9,10)/b3-2+. The van der Waals surface area contributed by atoms with Gasteiger partial charge in [-0.1, -0.05) is 22.0 Å². The minimum absolute atomic E-state index is 0.149. The van der Waals surface area contributed by atoms with Crippen molar-refractivity contribution in [1.29, 1.82) is 0 Å². The molecule has 0 spiro atoms. The third-order valence-electron chi connectivity index (χ3n) is 0.702. The molecule has 2 amide bonds. The largest absolute Gasteiger partial charge is 0.292 e. The van der Waals surface area contributed by atoms with Gasteiger partial charge in [0.2, 0.25) is 11.8 Å². The Labute approximate surface area is 67.6 Å². The van der Waals surface area contributed by atoms with Crippen molar-refractivity contribution >= 4 is 27.7 Å². The van der Waals surface area contributed by atoms with Crippen molar-refractivity contribution in [2.24, 2.45) is 0 Å². The molecule has 4 heteroatoms. The number of allylic oxidation sites excluding steroid dienone is 1. The van der Waals surface area contributed by atoms with Crippen LogP contribution in [0.15, 0.2) is 12.2 Å². The zero-order valence-electron chi connectivity index (χ0n) is 5.56. The van der Waals surface area contributed by atoms with Crippen molar-refractivity contribution in [3.63, 3.8) is 0 Å². The normalized spacial score (nSPS) is 9.80. The maximum atomic E-state index is 10.6. The van der Waals surface area contributed by atoms with Gasteiger partial charge in [-0.25, -0.2) is 0 Å². The van der Waals surface area contributed by atoms with E-state index in [0.717, 1.165) is 0 Å². The molecule has 1 N–H and O–H groups in total. The summed E-state index contributed by atoms with van der Waals surface area (Å²) < 4.78 is 0. The Hall–Kier alpha value is -0.640. The molecule has 10 heavy (non-hydrogen) atoms. The van der Waals surface area contributed by atoms with Crippen LogP contribution in [-0.4, -0.2) is 17.1 Å². The van der Waals surface area contributed by atoms with Crippen molar-refractivity contribution in [2.45, 2.75) is 6.92 Å². The van der Waals surface area contributed by atoms with E-state index in [2.05, 4.69) is 21.2 Å². The number of nitrogens with one attached hydrogen (secondary N) is 1. The molecule has 3 nitrogen and oxygen atoms in total. The van der Waals surface area contributed by atoms with Crippen LogP contribution >= 0.6 is 15.9 Å². The topological polar surface area (TPSA) is 46.2 Å².